The normalized spacial score (nSPS) is 14.6. The molecule has 2 heterocycles. The van der Waals surface area contributed by atoms with Crippen LogP contribution in [-0.4, -0.2) is 37.2 Å². The molecule has 8 heteroatoms. The SMILES string of the molecule is COc1ccc(CN(Cc2ccccc2)[C@@H](c2cc3cc(C)c(C)cc3[nH]c2=O)c2nnnn2C2CCCC2)cc1. The molecule has 1 N–H and O–H groups in total. The number of rotatable bonds is 9. The molecule has 0 saturated heterocycles. The first-order valence-electron chi connectivity index (χ1n) is 14.3. The molecular formula is C33H36N6O2. The smallest absolute Gasteiger partial charge is 0.253 e. The molecule has 0 amide bonds. The number of methoxy groups -OCH3 is 1. The minimum atomic E-state index is -0.470. The second kappa shape index (κ2) is 11.7. The monoisotopic (exact) mass is 548 g/mol. The summed E-state index contributed by atoms with van der Waals surface area (Å²) in [5.41, 5.74) is 5.93. The number of aryl methyl sites for hydroxylation is 2. The molecule has 3 aromatic carbocycles. The molecule has 6 rings (SSSR count). The Morgan fingerprint density at radius 3 is 2.34 bits per heavy atom. The minimum absolute atomic E-state index is 0.125. The number of fused-ring (bicyclic) bond motifs is 1. The Morgan fingerprint density at radius 1 is 0.951 bits per heavy atom. The number of H-pyrrole nitrogens is 1. The third-order valence-electron chi connectivity index (χ3n) is 8.35. The summed E-state index contributed by atoms with van der Waals surface area (Å²) in [6, 6.07) is 24.4. The van der Waals surface area contributed by atoms with Gasteiger partial charge in [0, 0.05) is 24.2 Å². The van der Waals surface area contributed by atoms with Gasteiger partial charge in [0.15, 0.2) is 5.82 Å². The zero-order valence-corrected chi connectivity index (χ0v) is 23.9. The van der Waals surface area contributed by atoms with Gasteiger partial charge in [-0.05, 0) is 95.1 Å². The van der Waals surface area contributed by atoms with E-state index in [1.54, 1.807) is 7.11 Å². The van der Waals surface area contributed by atoms with Crippen molar-refractivity contribution in [1.29, 1.82) is 0 Å². The summed E-state index contributed by atoms with van der Waals surface area (Å²) >= 11 is 0. The summed E-state index contributed by atoms with van der Waals surface area (Å²) in [4.78, 5) is 19.4. The van der Waals surface area contributed by atoms with Gasteiger partial charge in [-0.25, -0.2) is 4.68 Å². The highest BCUT2D eigenvalue weighted by Crippen LogP contribution is 2.35. The molecule has 1 atom stereocenters. The Balaban J connectivity index is 1.53. The maximum atomic E-state index is 13.9. The Kier molecular flexibility index (Phi) is 7.65. The molecule has 210 valence electrons. The second-order valence-corrected chi connectivity index (χ2v) is 11.1. The summed E-state index contributed by atoms with van der Waals surface area (Å²) in [6.45, 7) is 5.37. The molecule has 0 spiro atoms. The van der Waals surface area contributed by atoms with Gasteiger partial charge in [0.05, 0.1) is 13.2 Å². The van der Waals surface area contributed by atoms with E-state index in [1.165, 1.54) is 5.56 Å². The standard InChI is InChI=1S/C33H36N6O2/c1-22-17-26-19-29(33(40)34-30(26)18-23(22)2)31(32-35-36-37-39(32)27-11-7-8-12-27)38(20-24-9-5-4-6-10-24)21-25-13-15-28(41-3)16-14-25/h4-6,9-10,13-19,27,31H,7-8,11-12,20-21H2,1-3H3,(H,34,40)/t31-/m0/s1. The summed E-state index contributed by atoms with van der Waals surface area (Å²) in [5.74, 6) is 1.51. The average Bonchev–Trinajstić information content (AvgIpc) is 3.68. The summed E-state index contributed by atoms with van der Waals surface area (Å²) in [7, 11) is 1.67. The zero-order valence-electron chi connectivity index (χ0n) is 23.9. The van der Waals surface area contributed by atoms with Crippen molar-refractivity contribution >= 4 is 10.9 Å². The van der Waals surface area contributed by atoms with Crippen molar-refractivity contribution in [1.82, 2.24) is 30.1 Å². The summed E-state index contributed by atoms with van der Waals surface area (Å²) in [5, 5.41) is 14.2. The van der Waals surface area contributed by atoms with E-state index in [4.69, 9.17) is 4.74 Å². The van der Waals surface area contributed by atoms with Crippen molar-refractivity contribution < 1.29 is 4.74 Å². The fraction of sp³-hybridized carbons (Fsp3) is 0.333. The van der Waals surface area contributed by atoms with E-state index in [0.29, 0.717) is 24.5 Å². The van der Waals surface area contributed by atoms with Crippen LogP contribution in [0.15, 0.2) is 77.6 Å². The third kappa shape index (κ3) is 5.65. The number of nitrogens with zero attached hydrogens (tertiary/aromatic N) is 5. The van der Waals surface area contributed by atoms with Crippen LogP contribution in [-0.2, 0) is 13.1 Å². The zero-order chi connectivity index (χ0) is 28.3. The van der Waals surface area contributed by atoms with Crippen molar-refractivity contribution in [3.05, 3.63) is 117 Å². The number of aromatic nitrogens is 5. The predicted octanol–water partition coefficient (Wildman–Crippen LogP) is 6.05. The van der Waals surface area contributed by atoms with Gasteiger partial charge in [-0.2, -0.15) is 0 Å². The number of tetrazole rings is 1. The first kappa shape index (κ1) is 26.9. The molecule has 8 nitrogen and oxygen atoms in total. The number of hydrogen-bond donors (Lipinski definition) is 1. The van der Waals surface area contributed by atoms with Crippen LogP contribution in [0.5, 0.6) is 5.75 Å². The van der Waals surface area contributed by atoms with E-state index in [0.717, 1.165) is 59.0 Å². The topological polar surface area (TPSA) is 88.9 Å². The minimum Gasteiger partial charge on any atom is -0.497 e. The van der Waals surface area contributed by atoms with Crippen molar-refractivity contribution in [2.45, 2.75) is 64.7 Å². The van der Waals surface area contributed by atoms with Gasteiger partial charge in [-0.1, -0.05) is 55.3 Å². The van der Waals surface area contributed by atoms with Gasteiger partial charge >= 0.3 is 0 Å². The van der Waals surface area contributed by atoms with Gasteiger partial charge in [-0.3, -0.25) is 9.69 Å². The van der Waals surface area contributed by atoms with Crippen molar-refractivity contribution in [3.63, 3.8) is 0 Å². The van der Waals surface area contributed by atoms with Crippen LogP contribution in [0.2, 0.25) is 0 Å². The Labute approximate surface area is 240 Å². The molecule has 2 aromatic heterocycles. The Morgan fingerprint density at radius 2 is 1.63 bits per heavy atom. The quantitative estimate of drug-likeness (QED) is 0.241. The van der Waals surface area contributed by atoms with E-state index >= 15 is 0 Å². The first-order valence-corrected chi connectivity index (χ1v) is 14.3. The highest BCUT2D eigenvalue weighted by Gasteiger charge is 2.33. The van der Waals surface area contributed by atoms with Gasteiger partial charge in [0.25, 0.3) is 5.56 Å². The van der Waals surface area contributed by atoms with E-state index in [-0.39, 0.29) is 11.6 Å². The van der Waals surface area contributed by atoms with Crippen LogP contribution < -0.4 is 10.3 Å². The first-order chi connectivity index (χ1) is 20.0. The fourth-order valence-corrected chi connectivity index (χ4v) is 6.01. The lowest BCUT2D eigenvalue weighted by atomic mass is 9.99. The van der Waals surface area contributed by atoms with Gasteiger partial charge < -0.3 is 9.72 Å². The highest BCUT2D eigenvalue weighted by molar-refractivity contribution is 5.81. The molecule has 0 radical (unpaired) electrons. The lowest BCUT2D eigenvalue weighted by Gasteiger charge is -2.32. The number of hydrogen-bond acceptors (Lipinski definition) is 6. The van der Waals surface area contributed by atoms with Crippen LogP contribution in [0.25, 0.3) is 10.9 Å². The largest absolute Gasteiger partial charge is 0.497 e. The Hall–Kier alpha value is -4.30. The van der Waals surface area contributed by atoms with E-state index in [1.807, 2.05) is 47.1 Å². The fourth-order valence-electron chi connectivity index (χ4n) is 6.01. The molecular weight excluding hydrogens is 512 g/mol. The van der Waals surface area contributed by atoms with Gasteiger partial charge in [0.1, 0.15) is 11.8 Å². The van der Waals surface area contributed by atoms with E-state index in [9.17, 15) is 4.79 Å². The van der Waals surface area contributed by atoms with E-state index < -0.39 is 6.04 Å². The number of aromatic amines is 1. The highest BCUT2D eigenvalue weighted by atomic mass is 16.5. The third-order valence-corrected chi connectivity index (χ3v) is 8.35. The molecule has 0 aliphatic heterocycles. The second-order valence-electron chi connectivity index (χ2n) is 11.1. The average molecular weight is 549 g/mol. The van der Waals surface area contributed by atoms with Crippen molar-refractivity contribution in [2.24, 2.45) is 0 Å². The van der Waals surface area contributed by atoms with Gasteiger partial charge in [-0.15, -0.1) is 5.10 Å². The van der Waals surface area contributed by atoms with Gasteiger partial charge in [0.2, 0.25) is 0 Å². The predicted molar refractivity (Wildman–Crippen MR) is 160 cm³/mol. The lowest BCUT2D eigenvalue weighted by molar-refractivity contribution is 0.190. The molecule has 41 heavy (non-hydrogen) atoms. The number of ether oxygens (including phenoxy) is 1. The van der Waals surface area contributed by atoms with Crippen molar-refractivity contribution in [2.75, 3.05) is 7.11 Å². The Bertz CT molecular complexity index is 1690. The van der Waals surface area contributed by atoms with Crippen LogP contribution in [0.3, 0.4) is 0 Å². The van der Waals surface area contributed by atoms with Crippen LogP contribution in [0.1, 0.15) is 71.4 Å². The lowest BCUT2D eigenvalue weighted by Crippen LogP contribution is -2.35. The summed E-state index contributed by atoms with van der Waals surface area (Å²) < 4.78 is 7.38. The molecule has 1 aliphatic rings. The number of pyridine rings is 1. The van der Waals surface area contributed by atoms with Crippen molar-refractivity contribution in [3.8, 4) is 5.75 Å². The molecule has 1 fully saturated rings. The maximum Gasteiger partial charge on any atom is 0.253 e. The maximum absolute atomic E-state index is 13.9. The van der Waals surface area contributed by atoms with Crippen LogP contribution >= 0.6 is 0 Å². The molecule has 0 bridgehead atoms. The molecule has 1 aliphatic carbocycles. The van der Waals surface area contributed by atoms with Crippen LogP contribution in [0, 0.1) is 13.8 Å². The molecule has 1 saturated carbocycles. The van der Waals surface area contributed by atoms with E-state index in [2.05, 4.69) is 69.6 Å². The molecule has 5 aromatic rings. The molecule has 0 unspecified atom stereocenters. The summed E-state index contributed by atoms with van der Waals surface area (Å²) in [6.07, 6.45) is 4.38. The number of benzene rings is 3. The number of nitrogens with one attached hydrogen (secondary N) is 1. The van der Waals surface area contributed by atoms with Crippen LogP contribution in [0.4, 0.5) is 0 Å².